The minimum atomic E-state index is 0.0571. The van der Waals surface area contributed by atoms with Gasteiger partial charge in [0.2, 0.25) is 5.91 Å². The second kappa shape index (κ2) is 7.77. The lowest BCUT2D eigenvalue weighted by Crippen LogP contribution is -2.53. The predicted octanol–water partition coefficient (Wildman–Crippen LogP) is 1.98. The van der Waals surface area contributed by atoms with Crippen molar-refractivity contribution < 1.29 is 4.79 Å². The van der Waals surface area contributed by atoms with Gasteiger partial charge in [-0.25, -0.2) is 4.99 Å². The number of guanidine groups is 1. The molecule has 3 fully saturated rings. The van der Waals surface area contributed by atoms with Gasteiger partial charge in [-0.3, -0.25) is 4.79 Å². The van der Waals surface area contributed by atoms with E-state index >= 15 is 0 Å². The number of carbonyl (C=O) groups is 1. The normalized spacial score (nSPS) is 24.6. The average molecular weight is 339 g/mol. The van der Waals surface area contributed by atoms with E-state index in [1.807, 2.05) is 0 Å². The zero-order valence-corrected chi connectivity index (χ0v) is 15.1. The van der Waals surface area contributed by atoms with Crippen molar-refractivity contribution in [3.8, 4) is 0 Å². The molecule has 23 heavy (non-hydrogen) atoms. The van der Waals surface area contributed by atoms with Crippen LogP contribution < -0.4 is 10.6 Å². The van der Waals surface area contributed by atoms with E-state index in [4.69, 9.17) is 0 Å². The number of thioether (sulfide) groups is 1. The Morgan fingerprint density at radius 2 is 2.09 bits per heavy atom. The first-order valence-corrected chi connectivity index (χ1v) is 10.2. The number of rotatable bonds is 4. The van der Waals surface area contributed by atoms with Crippen LogP contribution in [0.2, 0.25) is 0 Å². The molecule has 2 aliphatic carbocycles. The molecule has 0 aromatic carbocycles. The van der Waals surface area contributed by atoms with Crippen LogP contribution >= 0.6 is 11.8 Å². The fraction of sp³-hybridized carbons (Fsp3) is 0.882. The first kappa shape index (κ1) is 16.9. The highest BCUT2D eigenvalue weighted by molar-refractivity contribution is 8.00. The molecule has 0 unspecified atom stereocenters. The van der Waals surface area contributed by atoms with E-state index in [1.165, 1.54) is 37.9 Å². The Morgan fingerprint density at radius 1 is 1.30 bits per heavy atom. The Morgan fingerprint density at radius 3 is 2.78 bits per heavy atom. The van der Waals surface area contributed by atoms with Gasteiger partial charge in [-0.15, -0.1) is 0 Å². The topological polar surface area (TPSA) is 56.7 Å². The van der Waals surface area contributed by atoms with E-state index in [0.717, 1.165) is 38.4 Å². The van der Waals surface area contributed by atoms with E-state index in [-0.39, 0.29) is 12.5 Å². The summed E-state index contributed by atoms with van der Waals surface area (Å²) in [6.07, 6.45) is 9.02. The maximum atomic E-state index is 11.9. The van der Waals surface area contributed by atoms with Crippen molar-refractivity contribution in [2.24, 2.45) is 4.99 Å². The lowest BCUT2D eigenvalue weighted by molar-refractivity contribution is -0.119. The standard InChI is InChI=1S/C17H30N4OS/c1-2-18-16(19-12-15(22)20-14-6-7-14)21-10-11-23-17(13-21)8-4-3-5-9-17/h14H,2-13H2,1H3,(H,18,19)(H,20,22). The van der Waals surface area contributed by atoms with Crippen LogP contribution in [0.1, 0.15) is 51.9 Å². The summed E-state index contributed by atoms with van der Waals surface area (Å²) in [5.74, 6) is 2.14. The molecule has 5 nitrogen and oxygen atoms in total. The molecule has 0 atom stereocenters. The number of carbonyl (C=O) groups excluding carboxylic acids is 1. The molecule has 2 N–H and O–H groups in total. The number of nitrogens with zero attached hydrogens (tertiary/aromatic N) is 2. The highest BCUT2D eigenvalue weighted by Crippen LogP contribution is 2.42. The van der Waals surface area contributed by atoms with Crippen molar-refractivity contribution in [3.05, 3.63) is 0 Å². The Balaban J connectivity index is 1.60. The Bertz CT molecular complexity index is 438. The third-order valence-corrected chi connectivity index (χ3v) is 6.50. The van der Waals surface area contributed by atoms with Crippen molar-refractivity contribution >= 4 is 23.6 Å². The van der Waals surface area contributed by atoms with Crippen molar-refractivity contribution in [3.63, 3.8) is 0 Å². The maximum Gasteiger partial charge on any atom is 0.242 e. The zero-order valence-electron chi connectivity index (χ0n) is 14.3. The Labute approximate surface area is 144 Å². The van der Waals surface area contributed by atoms with Crippen LogP contribution in [0.15, 0.2) is 4.99 Å². The fourth-order valence-electron chi connectivity index (χ4n) is 3.60. The summed E-state index contributed by atoms with van der Waals surface area (Å²) >= 11 is 2.16. The van der Waals surface area contributed by atoms with Gasteiger partial charge >= 0.3 is 0 Å². The molecule has 0 radical (unpaired) electrons. The van der Waals surface area contributed by atoms with E-state index in [9.17, 15) is 4.79 Å². The van der Waals surface area contributed by atoms with Crippen LogP contribution in [0.25, 0.3) is 0 Å². The Hall–Kier alpha value is -0.910. The van der Waals surface area contributed by atoms with Gasteiger partial charge in [0.1, 0.15) is 6.54 Å². The average Bonchev–Trinajstić information content (AvgIpc) is 3.36. The largest absolute Gasteiger partial charge is 0.357 e. The summed E-state index contributed by atoms with van der Waals surface area (Å²) in [5, 5.41) is 6.40. The van der Waals surface area contributed by atoms with Crippen molar-refractivity contribution in [2.75, 3.05) is 31.9 Å². The van der Waals surface area contributed by atoms with E-state index < -0.39 is 0 Å². The summed E-state index contributed by atoms with van der Waals surface area (Å²) in [7, 11) is 0. The highest BCUT2D eigenvalue weighted by atomic mass is 32.2. The van der Waals surface area contributed by atoms with Gasteiger partial charge in [-0.1, -0.05) is 19.3 Å². The third-order valence-electron chi connectivity index (χ3n) is 4.96. The summed E-state index contributed by atoms with van der Waals surface area (Å²) in [6, 6.07) is 0.414. The molecule has 1 spiro atoms. The Kier molecular flexibility index (Phi) is 5.72. The number of amides is 1. The minimum Gasteiger partial charge on any atom is -0.357 e. The second-order valence-electron chi connectivity index (χ2n) is 7.03. The van der Waals surface area contributed by atoms with Crippen molar-refractivity contribution in [1.29, 1.82) is 0 Å². The molecule has 1 saturated heterocycles. The molecule has 3 rings (SSSR count). The van der Waals surface area contributed by atoms with Crippen LogP contribution in [-0.4, -0.2) is 59.5 Å². The zero-order chi connectivity index (χ0) is 16.1. The monoisotopic (exact) mass is 338 g/mol. The maximum absolute atomic E-state index is 11.9. The molecule has 2 saturated carbocycles. The number of nitrogens with one attached hydrogen (secondary N) is 2. The lowest BCUT2D eigenvalue weighted by Gasteiger charge is -2.45. The molecule has 0 bridgehead atoms. The fourth-order valence-corrected chi connectivity index (χ4v) is 5.17. The molecule has 1 aliphatic heterocycles. The first-order chi connectivity index (χ1) is 11.2. The number of hydrogen-bond donors (Lipinski definition) is 2. The highest BCUT2D eigenvalue weighted by Gasteiger charge is 2.38. The van der Waals surface area contributed by atoms with Crippen LogP contribution in [-0.2, 0) is 4.79 Å². The summed E-state index contributed by atoms with van der Waals surface area (Å²) < 4.78 is 0.420. The quantitative estimate of drug-likeness (QED) is 0.608. The summed E-state index contributed by atoms with van der Waals surface area (Å²) in [6.45, 7) is 5.29. The van der Waals surface area contributed by atoms with Crippen LogP contribution in [0, 0.1) is 0 Å². The minimum absolute atomic E-state index is 0.0571. The second-order valence-corrected chi connectivity index (χ2v) is 8.59. The molecule has 1 amide bonds. The summed E-state index contributed by atoms with van der Waals surface area (Å²) in [5.41, 5.74) is 0. The molecule has 1 heterocycles. The molecule has 130 valence electrons. The number of hydrogen-bond acceptors (Lipinski definition) is 3. The van der Waals surface area contributed by atoms with E-state index in [1.54, 1.807) is 0 Å². The van der Waals surface area contributed by atoms with Gasteiger partial charge < -0.3 is 15.5 Å². The molecule has 3 aliphatic rings. The molecule has 0 aromatic rings. The van der Waals surface area contributed by atoms with Gasteiger partial charge in [0.15, 0.2) is 5.96 Å². The lowest BCUT2D eigenvalue weighted by atomic mass is 9.87. The SMILES string of the molecule is CCNC(=NCC(=O)NC1CC1)N1CCSC2(CCCCC2)C1. The van der Waals surface area contributed by atoms with Crippen LogP contribution in [0.4, 0.5) is 0 Å². The summed E-state index contributed by atoms with van der Waals surface area (Å²) in [4.78, 5) is 18.9. The van der Waals surface area contributed by atoms with Crippen molar-refractivity contribution in [1.82, 2.24) is 15.5 Å². The third kappa shape index (κ3) is 4.78. The van der Waals surface area contributed by atoms with E-state index in [0.29, 0.717) is 10.8 Å². The molecular weight excluding hydrogens is 308 g/mol. The molecular formula is C17H30N4OS. The van der Waals surface area contributed by atoms with Gasteiger partial charge in [-0.2, -0.15) is 11.8 Å². The number of aliphatic imine (C=N–C) groups is 1. The molecule has 6 heteroatoms. The van der Waals surface area contributed by atoms with Crippen LogP contribution in [0.3, 0.4) is 0 Å². The van der Waals surface area contributed by atoms with Crippen molar-refractivity contribution in [2.45, 2.75) is 62.7 Å². The van der Waals surface area contributed by atoms with Gasteiger partial charge in [0, 0.05) is 36.2 Å². The van der Waals surface area contributed by atoms with Gasteiger partial charge in [0.05, 0.1) is 0 Å². The van der Waals surface area contributed by atoms with Gasteiger partial charge in [-0.05, 0) is 32.6 Å². The molecule has 0 aromatic heterocycles. The smallest absolute Gasteiger partial charge is 0.242 e. The first-order valence-electron chi connectivity index (χ1n) is 9.17. The van der Waals surface area contributed by atoms with Gasteiger partial charge in [0.25, 0.3) is 0 Å². The van der Waals surface area contributed by atoms with Crippen LogP contribution in [0.5, 0.6) is 0 Å². The van der Waals surface area contributed by atoms with E-state index in [2.05, 4.69) is 39.2 Å². The predicted molar refractivity (Wildman–Crippen MR) is 97.0 cm³/mol.